The Labute approximate surface area is 277 Å². The van der Waals surface area contributed by atoms with Gasteiger partial charge in [0.25, 0.3) is 10.0 Å². The van der Waals surface area contributed by atoms with Gasteiger partial charge in [-0.15, -0.1) is 0 Å². The van der Waals surface area contributed by atoms with Crippen LogP contribution in [0.1, 0.15) is 30.5 Å². The number of rotatable bonds is 14. The molecule has 0 heterocycles. The molecule has 0 aromatic heterocycles. The summed E-state index contributed by atoms with van der Waals surface area (Å²) in [6, 6.07) is 28.6. The zero-order chi connectivity index (χ0) is 33.3. The maximum Gasteiger partial charge on any atom is 0.264 e. The summed E-state index contributed by atoms with van der Waals surface area (Å²) < 4.78 is 35.0. The normalized spacial score (nSPS) is 12.0. The van der Waals surface area contributed by atoms with Gasteiger partial charge in [0.05, 0.1) is 17.7 Å². The van der Waals surface area contributed by atoms with Gasteiger partial charge in [0.1, 0.15) is 18.3 Å². The van der Waals surface area contributed by atoms with Crippen LogP contribution in [-0.2, 0) is 32.6 Å². The van der Waals surface area contributed by atoms with Crippen molar-refractivity contribution in [2.24, 2.45) is 5.92 Å². The molecule has 8 nitrogen and oxygen atoms in total. The molecule has 1 N–H and O–H groups in total. The summed E-state index contributed by atoms with van der Waals surface area (Å²) in [5.41, 5.74) is 2.76. The molecule has 10 heteroatoms. The molecule has 0 aliphatic rings. The maximum absolute atomic E-state index is 14.6. The van der Waals surface area contributed by atoms with E-state index in [1.807, 2.05) is 75.4 Å². The van der Waals surface area contributed by atoms with E-state index in [-0.39, 0.29) is 46.1 Å². The van der Waals surface area contributed by atoms with Crippen LogP contribution in [0.5, 0.6) is 5.75 Å². The van der Waals surface area contributed by atoms with Crippen LogP contribution in [0, 0.1) is 12.8 Å². The minimum atomic E-state index is -4.29. The first-order valence-corrected chi connectivity index (χ1v) is 16.9. The summed E-state index contributed by atoms with van der Waals surface area (Å²) in [5, 5.41) is 3.27. The summed E-state index contributed by atoms with van der Waals surface area (Å²) in [4.78, 5) is 30.0. The smallest absolute Gasteiger partial charge is 0.264 e. The Morgan fingerprint density at radius 1 is 0.870 bits per heavy atom. The van der Waals surface area contributed by atoms with E-state index in [4.69, 9.17) is 16.3 Å². The predicted octanol–water partition coefficient (Wildman–Crippen LogP) is 6.26. The van der Waals surface area contributed by atoms with Crippen LogP contribution in [0.25, 0.3) is 0 Å². The molecule has 4 aromatic rings. The molecule has 4 aromatic carbocycles. The zero-order valence-electron chi connectivity index (χ0n) is 26.5. The van der Waals surface area contributed by atoms with Gasteiger partial charge in [0, 0.05) is 24.5 Å². The third-order valence-electron chi connectivity index (χ3n) is 7.41. The first kappa shape index (κ1) is 34.5. The Morgan fingerprint density at radius 3 is 2.15 bits per heavy atom. The van der Waals surface area contributed by atoms with Gasteiger partial charge in [-0.25, -0.2) is 8.42 Å². The predicted molar refractivity (Wildman–Crippen MR) is 182 cm³/mol. The molecule has 0 unspecified atom stereocenters. The van der Waals surface area contributed by atoms with Crippen LogP contribution in [0.15, 0.2) is 108 Å². The second kappa shape index (κ2) is 15.8. The van der Waals surface area contributed by atoms with Gasteiger partial charge in [-0.1, -0.05) is 104 Å². The average Bonchev–Trinajstić information content (AvgIpc) is 3.04. The topological polar surface area (TPSA) is 96.0 Å². The van der Waals surface area contributed by atoms with Gasteiger partial charge in [-0.05, 0) is 54.3 Å². The number of methoxy groups -OCH3 is 1. The third-order valence-corrected chi connectivity index (χ3v) is 9.42. The Hall–Kier alpha value is -4.34. The van der Waals surface area contributed by atoms with E-state index in [1.165, 1.54) is 30.2 Å². The number of carbonyl (C=O) groups is 2. The van der Waals surface area contributed by atoms with Gasteiger partial charge in [0.15, 0.2) is 0 Å². The summed E-state index contributed by atoms with van der Waals surface area (Å²) in [7, 11) is -2.87. The molecule has 0 radical (unpaired) electrons. The minimum absolute atomic E-state index is 0.00873. The molecule has 46 heavy (non-hydrogen) atoms. The van der Waals surface area contributed by atoms with E-state index in [0.29, 0.717) is 6.54 Å². The fourth-order valence-corrected chi connectivity index (χ4v) is 6.68. The lowest BCUT2D eigenvalue weighted by molar-refractivity contribution is -0.140. The van der Waals surface area contributed by atoms with E-state index in [0.717, 1.165) is 21.0 Å². The molecule has 0 aliphatic carbocycles. The Bertz CT molecular complexity index is 1730. The Kier molecular flexibility index (Phi) is 11.8. The monoisotopic (exact) mass is 661 g/mol. The van der Waals surface area contributed by atoms with E-state index in [1.54, 1.807) is 30.3 Å². The van der Waals surface area contributed by atoms with Crippen LogP contribution in [0.4, 0.5) is 5.69 Å². The lowest BCUT2D eigenvalue weighted by Gasteiger charge is -2.34. The van der Waals surface area contributed by atoms with Crippen LogP contribution in [0.3, 0.4) is 0 Å². The van der Waals surface area contributed by atoms with Gasteiger partial charge in [-0.3, -0.25) is 13.9 Å². The second-order valence-electron chi connectivity index (χ2n) is 11.5. The van der Waals surface area contributed by atoms with Gasteiger partial charge >= 0.3 is 0 Å². The second-order valence-corrected chi connectivity index (χ2v) is 13.8. The van der Waals surface area contributed by atoms with Gasteiger partial charge < -0.3 is 15.0 Å². The molecule has 2 amide bonds. The van der Waals surface area contributed by atoms with E-state index in [2.05, 4.69) is 5.32 Å². The molecular weight excluding hydrogens is 622 g/mol. The van der Waals surface area contributed by atoms with Crippen LogP contribution in [-0.4, -0.2) is 51.4 Å². The molecule has 0 aliphatic heterocycles. The number of anilines is 1. The van der Waals surface area contributed by atoms with Crippen molar-refractivity contribution in [2.75, 3.05) is 24.5 Å². The fourth-order valence-electron chi connectivity index (χ4n) is 5.07. The lowest BCUT2D eigenvalue weighted by Crippen LogP contribution is -2.53. The molecule has 0 spiro atoms. The van der Waals surface area contributed by atoms with Gasteiger partial charge in [-0.2, -0.15) is 0 Å². The number of benzene rings is 4. The maximum atomic E-state index is 14.6. The fraction of sp³-hybridized carbons (Fsp3) is 0.278. The number of hydrogen-bond acceptors (Lipinski definition) is 5. The van der Waals surface area contributed by atoms with Gasteiger partial charge in [0.2, 0.25) is 11.8 Å². The van der Waals surface area contributed by atoms with Crippen molar-refractivity contribution in [2.45, 2.75) is 44.7 Å². The molecule has 0 fully saturated rings. The highest BCUT2D eigenvalue weighted by atomic mass is 35.5. The largest absolute Gasteiger partial charge is 0.495 e. The first-order valence-electron chi connectivity index (χ1n) is 15.1. The van der Waals surface area contributed by atoms with Crippen molar-refractivity contribution in [3.8, 4) is 5.75 Å². The minimum Gasteiger partial charge on any atom is -0.495 e. The zero-order valence-corrected chi connectivity index (χ0v) is 28.1. The number of nitrogens with zero attached hydrogens (tertiary/aromatic N) is 2. The Balaban J connectivity index is 1.84. The SMILES string of the molecule is COc1ccc(Cl)cc1N(CC(=O)N(Cc1cccc(C)c1)[C@H](Cc1ccccc1)C(=O)NCC(C)C)S(=O)(=O)c1ccccc1. The number of amides is 2. The number of nitrogens with one attached hydrogen (secondary N) is 1. The highest BCUT2D eigenvalue weighted by molar-refractivity contribution is 7.92. The van der Waals surface area contributed by atoms with E-state index < -0.39 is 28.5 Å². The van der Waals surface area contributed by atoms with Crippen molar-refractivity contribution in [1.29, 1.82) is 0 Å². The summed E-state index contributed by atoms with van der Waals surface area (Å²) in [6.07, 6.45) is 0.230. The van der Waals surface area contributed by atoms with Crippen molar-refractivity contribution in [3.05, 3.63) is 125 Å². The number of ether oxygens (including phenoxy) is 1. The van der Waals surface area contributed by atoms with Crippen molar-refractivity contribution in [3.63, 3.8) is 0 Å². The standard InChI is InChI=1S/C36H40ClN3O5S/c1-26(2)23-38-36(42)33(21-28-13-7-5-8-14-28)39(24-29-15-11-12-27(3)20-29)35(41)25-40(32-22-30(37)18-19-34(32)45-4)46(43,44)31-16-9-6-10-17-31/h5-20,22,26,33H,21,23-25H2,1-4H3,(H,38,42)/t33-/m1/s1. The molecular formula is C36H40ClN3O5S. The Morgan fingerprint density at radius 2 is 1.52 bits per heavy atom. The number of halogens is 1. The van der Waals surface area contributed by atoms with Crippen LogP contribution < -0.4 is 14.4 Å². The van der Waals surface area contributed by atoms with Crippen molar-refractivity contribution in [1.82, 2.24) is 10.2 Å². The molecule has 0 bridgehead atoms. The molecule has 0 saturated carbocycles. The molecule has 0 saturated heterocycles. The van der Waals surface area contributed by atoms with Crippen molar-refractivity contribution >= 4 is 39.1 Å². The summed E-state index contributed by atoms with van der Waals surface area (Å²) in [5.74, 6) is -0.485. The van der Waals surface area contributed by atoms with Crippen molar-refractivity contribution < 1.29 is 22.7 Å². The van der Waals surface area contributed by atoms with Crippen LogP contribution >= 0.6 is 11.6 Å². The number of aryl methyl sites for hydroxylation is 1. The average molecular weight is 662 g/mol. The summed E-state index contributed by atoms with van der Waals surface area (Å²) >= 11 is 6.35. The quantitative estimate of drug-likeness (QED) is 0.172. The number of sulfonamides is 1. The number of carbonyl (C=O) groups excluding carboxylic acids is 2. The van der Waals surface area contributed by atoms with E-state index >= 15 is 0 Å². The molecule has 4 rings (SSSR count). The highest BCUT2D eigenvalue weighted by Gasteiger charge is 2.35. The van der Waals surface area contributed by atoms with Crippen LogP contribution in [0.2, 0.25) is 5.02 Å². The highest BCUT2D eigenvalue weighted by Crippen LogP contribution is 2.35. The first-order chi connectivity index (χ1) is 22.0. The summed E-state index contributed by atoms with van der Waals surface area (Å²) in [6.45, 7) is 5.83. The lowest BCUT2D eigenvalue weighted by atomic mass is 10.0. The molecule has 1 atom stereocenters. The third kappa shape index (κ3) is 8.89. The number of hydrogen-bond donors (Lipinski definition) is 1. The molecule has 242 valence electrons. The van der Waals surface area contributed by atoms with E-state index in [9.17, 15) is 18.0 Å².